The van der Waals surface area contributed by atoms with Gasteiger partial charge in [0.05, 0.1) is 0 Å². The van der Waals surface area contributed by atoms with Crippen molar-refractivity contribution in [2.45, 2.75) is 110 Å². The number of unbranched alkanes of at least 4 members (excludes halogenated alkanes) is 5. The van der Waals surface area contributed by atoms with Gasteiger partial charge < -0.3 is 0 Å². The molecule has 0 aromatic heterocycles. The largest absolute Gasteiger partial charge is 0.0804 e. The topological polar surface area (TPSA) is 0 Å². The maximum atomic E-state index is 2.56. The predicted octanol–water partition coefficient (Wildman–Crippen LogP) is 8.91. The minimum absolute atomic E-state index is 0.817. The zero-order valence-electron chi connectivity index (χ0n) is 18.0. The van der Waals surface area contributed by atoms with Crippen molar-refractivity contribution in [1.82, 2.24) is 0 Å². The average Bonchev–Trinajstić information content (AvgIpc) is 2.72. The van der Waals surface area contributed by atoms with E-state index in [9.17, 15) is 0 Å². The van der Waals surface area contributed by atoms with E-state index in [1.54, 1.807) is 11.1 Å². The number of rotatable bonds is 9. The molecule has 0 N–H and O–H groups in total. The van der Waals surface area contributed by atoms with Gasteiger partial charge in [-0.05, 0) is 66.6 Å². The summed E-state index contributed by atoms with van der Waals surface area (Å²) in [5.74, 6) is 2.71. The number of hydrogen-bond donors (Lipinski definition) is 0. The van der Waals surface area contributed by atoms with Crippen molar-refractivity contribution in [2.75, 3.05) is 0 Å². The van der Waals surface area contributed by atoms with E-state index < -0.39 is 0 Å². The molecular formula is C27H42. The lowest BCUT2D eigenvalue weighted by atomic mass is 9.79. The van der Waals surface area contributed by atoms with Crippen LogP contribution in [-0.2, 0) is 0 Å². The van der Waals surface area contributed by atoms with E-state index >= 15 is 0 Å². The van der Waals surface area contributed by atoms with Gasteiger partial charge in [0, 0.05) is 0 Å². The highest BCUT2D eigenvalue weighted by Gasteiger charge is 2.20. The summed E-state index contributed by atoms with van der Waals surface area (Å²) in [4.78, 5) is 0. The van der Waals surface area contributed by atoms with Gasteiger partial charge in [-0.3, -0.25) is 0 Å². The molecule has 1 saturated carbocycles. The van der Waals surface area contributed by atoms with Crippen LogP contribution in [0.3, 0.4) is 0 Å². The predicted molar refractivity (Wildman–Crippen MR) is 120 cm³/mol. The van der Waals surface area contributed by atoms with Gasteiger partial charge in [0.2, 0.25) is 0 Å². The van der Waals surface area contributed by atoms with Gasteiger partial charge in [0.15, 0.2) is 0 Å². The van der Waals surface area contributed by atoms with Gasteiger partial charge in [0.25, 0.3) is 0 Å². The first-order valence-corrected chi connectivity index (χ1v) is 12.1. The van der Waals surface area contributed by atoms with Crippen LogP contribution in [0.2, 0.25) is 0 Å². The van der Waals surface area contributed by atoms with Crippen LogP contribution in [0.1, 0.15) is 121 Å². The van der Waals surface area contributed by atoms with E-state index in [0.717, 1.165) is 17.8 Å². The van der Waals surface area contributed by atoms with Crippen LogP contribution in [0.4, 0.5) is 0 Å². The fraction of sp³-hybridized carbons (Fsp3) is 0.704. The van der Waals surface area contributed by atoms with Crippen LogP contribution in [-0.4, -0.2) is 0 Å². The Bertz CT molecular complexity index is 556. The second-order valence-electron chi connectivity index (χ2n) is 9.51. The molecule has 2 aliphatic carbocycles. The summed E-state index contributed by atoms with van der Waals surface area (Å²) in [5, 5.41) is 0. The Morgan fingerprint density at radius 1 is 0.815 bits per heavy atom. The van der Waals surface area contributed by atoms with E-state index in [-0.39, 0.29) is 0 Å². The van der Waals surface area contributed by atoms with Crippen LogP contribution in [0, 0.1) is 11.8 Å². The maximum Gasteiger partial charge on any atom is -0.0162 e. The van der Waals surface area contributed by atoms with E-state index in [0.29, 0.717) is 0 Å². The van der Waals surface area contributed by atoms with Gasteiger partial charge in [0.1, 0.15) is 0 Å². The zero-order chi connectivity index (χ0) is 18.9. The van der Waals surface area contributed by atoms with E-state index in [2.05, 4.69) is 44.2 Å². The first-order valence-electron chi connectivity index (χ1n) is 12.1. The molecular weight excluding hydrogens is 324 g/mol. The molecule has 1 unspecified atom stereocenters. The summed E-state index contributed by atoms with van der Waals surface area (Å²) in [7, 11) is 0. The monoisotopic (exact) mass is 366 g/mol. The second-order valence-corrected chi connectivity index (χ2v) is 9.51. The molecule has 0 heteroatoms. The molecule has 1 fully saturated rings. The van der Waals surface area contributed by atoms with Crippen molar-refractivity contribution in [3.8, 4) is 0 Å². The SMILES string of the molecule is CCCCCCCCC1CC=C(c2ccc(C3CCC(C)CC3)cc2)CC1. The van der Waals surface area contributed by atoms with E-state index in [1.165, 1.54) is 95.5 Å². The molecule has 1 aromatic rings. The Balaban J connectivity index is 1.42. The van der Waals surface area contributed by atoms with Crippen molar-refractivity contribution < 1.29 is 0 Å². The van der Waals surface area contributed by atoms with Crippen LogP contribution >= 0.6 is 0 Å². The van der Waals surface area contributed by atoms with Crippen LogP contribution in [0.15, 0.2) is 30.3 Å². The molecule has 1 aromatic carbocycles. The minimum atomic E-state index is 0.817. The first-order chi connectivity index (χ1) is 13.3. The summed E-state index contributed by atoms with van der Waals surface area (Å²) in [6, 6.07) is 9.68. The lowest BCUT2D eigenvalue weighted by molar-refractivity contribution is 0.348. The number of allylic oxidation sites excluding steroid dienone is 2. The van der Waals surface area contributed by atoms with Gasteiger partial charge in [-0.1, -0.05) is 102 Å². The molecule has 2 aliphatic rings. The molecule has 27 heavy (non-hydrogen) atoms. The molecule has 150 valence electrons. The standard InChI is InChI=1S/C27H42/c1-3-4-5-6-7-8-9-23-12-16-25(17-13-23)27-20-18-26(19-21-27)24-14-10-22(2)11-15-24/h16,18-24H,3-15,17H2,1-2H3. The van der Waals surface area contributed by atoms with Crippen LogP contribution in [0.25, 0.3) is 5.57 Å². The smallest absolute Gasteiger partial charge is 0.0162 e. The van der Waals surface area contributed by atoms with Crippen molar-refractivity contribution in [1.29, 1.82) is 0 Å². The molecule has 1 atom stereocenters. The van der Waals surface area contributed by atoms with Gasteiger partial charge in [-0.15, -0.1) is 0 Å². The van der Waals surface area contributed by atoms with Gasteiger partial charge >= 0.3 is 0 Å². The highest BCUT2D eigenvalue weighted by Crippen LogP contribution is 2.37. The lowest BCUT2D eigenvalue weighted by Crippen LogP contribution is -2.10. The summed E-state index contributed by atoms with van der Waals surface area (Å²) >= 11 is 0. The number of benzene rings is 1. The minimum Gasteiger partial charge on any atom is -0.0804 e. The third kappa shape index (κ3) is 6.51. The Kier molecular flexibility index (Phi) is 8.49. The summed E-state index contributed by atoms with van der Waals surface area (Å²) in [6.45, 7) is 4.71. The Hall–Kier alpha value is -1.04. The van der Waals surface area contributed by atoms with Crippen LogP contribution in [0.5, 0.6) is 0 Å². The Morgan fingerprint density at radius 2 is 1.52 bits per heavy atom. The Labute approximate surface area is 168 Å². The molecule has 0 amide bonds. The van der Waals surface area contributed by atoms with Crippen LogP contribution < -0.4 is 0 Å². The highest BCUT2D eigenvalue weighted by atomic mass is 14.3. The molecule has 0 radical (unpaired) electrons. The van der Waals surface area contributed by atoms with E-state index in [4.69, 9.17) is 0 Å². The molecule has 0 saturated heterocycles. The molecule has 0 nitrogen and oxygen atoms in total. The molecule has 0 heterocycles. The molecule has 0 bridgehead atoms. The number of hydrogen-bond acceptors (Lipinski definition) is 0. The van der Waals surface area contributed by atoms with Crippen molar-refractivity contribution >= 4 is 5.57 Å². The highest BCUT2D eigenvalue weighted by molar-refractivity contribution is 5.66. The fourth-order valence-electron chi connectivity index (χ4n) is 5.19. The summed E-state index contributed by atoms with van der Waals surface area (Å²) in [6.07, 6.45) is 22.2. The summed E-state index contributed by atoms with van der Waals surface area (Å²) < 4.78 is 0. The third-order valence-electron chi connectivity index (χ3n) is 7.25. The lowest BCUT2D eigenvalue weighted by Gasteiger charge is -2.27. The van der Waals surface area contributed by atoms with Crippen molar-refractivity contribution in [2.24, 2.45) is 11.8 Å². The fourth-order valence-corrected chi connectivity index (χ4v) is 5.19. The quantitative estimate of drug-likeness (QED) is 0.383. The summed E-state index contributed by atoms with van der Waals surface area (Å²) in [5.41, 5.74) is 4.68. The average molecular weight is 367 g/mol. The normalized spacial score (nSPS) is 26.0. The zero-order valence-corrected chi connectivity index (χ0v) is 18.0. The van der Waals surface area contributed by atoms with Crippen molar-refractivity contribution in [3.05, 3.63) is 41.5 Å². The van der Waals surface area contributed by atoms with Crippen molar-refractivity contribution in [3.63, 3.8) is 0 Å². The molecule has 3 rings (SSSR count). The van der Waals surface area contributed by atoms with Gasteiger partial charge in [-0.25, -0.2) is 0 Å². The third-order valence-corrected chi connectivity index (χ3v) is 7.25. The second kappa shape index (κ2) is 11.1. The molecule has 0 aliphatic heterocycles. The van der Waals surface area contributed by atoms with E-state index in [1.807, 2.05) is 0 Å². The molecule has 0 spiro atoms. The Morgan fingerprint density at radius 3 is 2.19 bits per heavy atom. The first kappa shape index (κ1) is 20.7. The maximum absolute atomic E-state index is 2.56. The van der Waals surface area contributed by atoms with Gasteiger partial charge in [-0.2, -0.15) is 0 Å².